The summed E-state index contributed by atoms with van der Waals surface area (Å²) in [6.45, 7) is 2.65. The Balaban J connectivity index is 2.34. The van der Waals surface area contributed by atoms with Crippen molar-refractivity contribution in [1.82, 2.24) is 10.6 Å². The molecule has 0 aromatic heterocycles. The van der Waals surface area contributed by atoms with E-state index >= 15 is 0 Å². The number of hydrogen-bond donors (Lipinski definition) is 2. The summed E-state index contributed by atoms with van der Waals surface area (Å²) < 4.78 is 42.0. The van der Waals surface area contributed by atoms with E-state index in [1.807, 2.05) is 6.92 Å². The Hall–Kier alpha value is -1.60. The molecule has 2 N–H and O–H groups in total. The zero-order valence-corrected chi connectivity index (χ0v) is 12.0. The van der Waals surface area contributed by atoms with Gasteiger partial charge in [0.2, 0.25) is 5.91 Å². The van der Waals surface area contributed by atoms with E-state index in [4.69, 9.17) is 4.74 Å². The Morgan fingerprint density at radius 3 is 2.43 bits per heavy atom. The summed E-state index contributed by atoms with van der Waals surface area (Å²) in [6, 6.07) is 4.74. The number of ether oxygens (including phenoxy) is 1. The van der Waals surface area contributed by atoms with E-state index in [-0.39, 0.29) is 18.5 Å². The lowest BCUT2D eigenvalue weighted by atomic mass is 10.1. The monoisotopic (exact) mass is 304 g/mol. The van der Waals surface area contributed by atoms with Crippen molar-refractivity contribution in [2.75, 3.05) is 20.3 Å². The Morgan fingerprint density at radius 1 is 1.29 bits per heavy atom. The van der Waals surface area contributed by atoms with Crippen LogP contribution < -0.4 is 10.6 Å². The molecule has 0 radical (unpaired) electrons. The van der Waals surface area contributed by atoms with Gasteiger partial charge in [-0.15, -0.1) is 0 Å². The summed E-state index contributed by atoms with van der Waals surface area (Å²) in [5.41, 5.74) is -0.00174. The Kier molecular flexibility index (Phi) is 6.64. The number of nitrogens with one attached hydrogen (secondary N) is 2. The smallest absolute Gasteiger partial charge is 0.383 e. The zero-order chi connectivity index (χ0) is 15.9. The van der Waals surface area contributed by atoms with Crippen molar-refractivity contribution in [2.24, 2.45) is 0 Å². The number of hydrogen-bond acceptors (Lipinski definition) is 3. The second-order valence-corrected chi connectivity index (χ2v) is 4.72. The first-order valence-corrected chi connectivity index (χ1v) is 6.48. The highest BCUT2D eigenvalue weighted by Crippen LogP contribution is 2.28. The predicted octanol–water partition coefficient (Wildman–Crippen LogP) is 1.95. The summed E-state index contributed by atoms with van der Waals surface area (Å²) in [6.07, 6.45) is -4.33. The van der Waals surface area contributed by atoms with E-state index in [1.165, 1.54) is 12.1 Å². The molecule has 0 saturated carbocycles. The molecule has 0 saturated heterocycles. The third kappa shape index (κ3) is 6.59. The minimum absolute atomic E-state index is 0.0876. The molecular formula is C14H19F3N2O2. The van der Waals surface area contributed by atoms with Crippen LogP contribution in [0.5, 0.6) is 0 Å². The summed E-state index contributed by atoms with van der Waals surface area (Å²) >= 11 is 0. The average molecular weight is 304 g/mol. The molecule has 1 rings (SSSR count). The van der Waals surface area contributed by atoms with Gasteiger partial charge in [0.15, 0.2) is 0 Å². The number of halogens is 3. The summed E-state index contributed by atoms with van der Waals surface area (Å²) in [7, 11) is 1.55. The molecule has 1 atom stereocenters. The van der Waals surface area contributed by atoms with Crippen molar-refractivity contribution in [2.45, 2.75) is 25.7 Å². The fraction of sp³-hybridized carbons (Fsp3) is 0.500. The van der Waals surface area contributed by atoms with Crippen LogP contribution in [0, 0.1) is 0 Å². The van der Waals surface area contributed by atoms with Gasteiger partial charge in [-0.1, -0.05) is 12.1 Å². The molecule has 4 nitrogen and oxygen atoms in total. The third-order valence-electron chi connectivity index (χ3n) is 2.72. The first-order valence-electron chi connectivity index (χ1n) is 6.48. The second-order valence-electron chi connectivity index (χ2n) is 4.72. The summed E-state index contributed by atoms with van der Waals surface area (Å²) in [4.78, 5) is 11.5. The van der Waals surface area contributed by atoms with Gasteiger partial charge in [-0.3, -0.25) is 4.79 Å². The largest absolute Gasteiger partial charge is 0.416 e. The van der Waals surface area contributed by atoms with E-state index in [0.29, 0.717) is 18.7 Å². The van der Waals surface area contributed by atoms with Crippen molar-refractivity contribution >= 4 is 5.91 Å². The molecule has 0 fully saturated rings. The van der Waals surface area contributed by atoms with Crippen LogP contribution in [0.25, 0.3) is 0 Å². The van der Waals surface area contributed by atoms with Crippen LogP contribution in [0.4, 0.5) is 13.2 Å². The number of methoxy groups -OCH3 is 1. The highest BCUT2D eigenvalue weighted by atomic mass is 19.4. The predicted molar refractivity (Wildman–Crippen MR) is 72.6 cm³/mol. The lowest BCUT2D eigenvalue weighted by Gasteiger charge is -2.13. The van der Waals surface area contributed by atoms with E-state index < -0.39 is 11.7 Å². The maximum Gasteiger partial charge on any atom is 0.416 e. The van der Waals surface area contributed by atoms with Crippen molar-refractivity contribution in [3.05, 3.63) is 35.4 Å². The standard InChI is InChI=1S/C14H19F3N2O2/c1-10(9-21-2)19-13(20)8-18-7-11-3-5-12(6-4-11)14(15,16)17/h3-6,10,18H,7-9H2,1-2H3,(H,19,20). The highest BCUT2D eigenvalue weighted by molar-refractivity contribution is 5.78. The first kappa shape index (κ1) is 17.5. The molecule has 21 heavy (non-hydrogen) atoms. The molecule has 1 aromatic rings. The van der Waals surface area contributed by atoms with Gasteiger partial charge in [-0.25, -0.2) is 0 Å². The number of benzene rings is 1. The van der Waals surface area contributed by atoms with Gasteiger partial charge >= 0.3 is 6.18 Å². The van der Waals surface area contributed by atoms with Crippen LogP contribution in [0.2, 0.25) is 0 Å². The number of alkyl halides is 3. The molecule has 0 heterocycles. The first-order chi connectivity index (χ1) is 9.82. The zero-order valence-electron chi connectivity index (χ0n) is 12.0. The second kappa shape index (κ2) is 7.99. The van der Waals surface area contributed by atoms with E-state index in [0.717, 1.165) is 12.1 Å². The highest BCUT2D eigenvalue weighted by Gasteiger charge is 2.29. The molecular weight excluding hydrogens is 285 g/mol. The lowest BCUT2D eigenvalue weighted by Crippen LogP contribution is -2.40. The molecule has 0 bridgehead atoms. The summed E-state index contributed by atoms with van der Waals surface area (Å²) in [5, 5.41) is 5.59. The number of carbonyl (C=O) groups is 1. The fourth-order valence-corrected chi connectivity index (χ4v) is 1.75. The van der Waals surface area contributed by atoms with Crippen LogP contribution in [-0.4, -0.2) is 32.2 Å². The molecule has 0 aliphatic carbocycles. The number of carbonyl (C=O) groups excluding carboxylic acids is 1. The lowest BCUT2D eigenvalue weighted by molar-refractivity contribution is -0.137. The Labute approximate surface area is 121 Å². The van der Waals surface area contributed by atoms with Crippen LogP contribution >= 0.6 is 0 Å². The van der Waals surface area contributed by atoms with Crippen molar-refractivity contribution in [3.63, 3.8) is 0 Å². The number of rotatable bonds is 7. The van der Waals surface area contributed by atoms with Gasteiger partial charge < -0.3 is 15.4 Å². The van der Waals surface area contributed by atoms with Crippen LogP contribution in [0.15, 0.2) is 24.3 Å². The average Bonchev–Trinajstić information content (AvgIpc) is 2.38. The minimum atomic E-state index is -4.33. The van der Waals surface area contributed by atoms with Crippen LogP contribution in [-0.2, 0) is 22.3 Å². The van der Waals surface area contributed by atoms with Gasteiger partial charge in [-0.05, 0) is 24.6 Å². The van der Waals surface area contributed by atoms with Gasteiger partial charge in [0.25, 0.3) is 0 Å². The molecule has 0 aliphatic rings. The van der Waals surface area contributed by atoms with Crippen molar-refractivity contribution in [1.29, 1.82) is 0 Å². The van der Waals surface area contributed by atoms with Gasteiger partial charge in [0, 0.05) is 19.7 Å². The van der Waals surface area contributed by atoms with Crippen molar-refractivity contribution in [3.8, 4) is 0 Å². The molecule has 0 aliphatic heterocycles. The van der Waals surface area contributed by atoms with Gasteiger partial charge in [0.1, 0.15) is 0 Å². The number of amides is 1. The molecule has 7 heteroatoms. The van der Waals surface area contributed by atoms with Gasteiger partial charge in [-0.2, -0.15) is 13.2 Å². The molecule has 1 unspecified atom stereocenters. The maximum absolute atomic E-state index is 12.4. The van der Waals surface area contributed by atoms with E-state index in [1.54, 1.807) is 7.11 Å². The van der Waals surface area contributed by atoms with Crippen molar-refractivity contribution < 1.29 is 22.7 Å². The Bertz CT molecular complexity index is 447. The normalized spacial score (nSPS) is 13.0. The molecule has 118 valence electrons. The van der Waals surface area contributed by atoms with Crippen LogP contribution in [0.1, 0.15) is 18.1 Å². The van der Waals surface area contributed by atoms with Gasteiger partial charge in [0.05, 0.1) is 18.7 Å². The topological polar surface area (TPSA) is 50.4 Å². The molecule has 1 aromatic carbocycles. The molecule has 1 amide bonds. The quantitative estimate of drug-likeness (QED) is 0.809. The van der Waals surface area contributed by atoms with E-state index in [9.17, 15) is 18.0 Å². The van der Waals surface area contributed by atoms with E-state index in [2.05, 4.69) is 10.6 Å². The SMILES string of the molecule is COCC(C)NC(=O)CNCc1ccc(C(F)(F)F)cc1. The minimum Gasteiger partial charge on any atom is -0.383 e. The molecule has 0 spiro atoms. The summed E-state index contributed by atoms with van der Waals surface area (Å²) in [5.74, 6) is -0.188. The third-order valence-corrected chi connectivity index (χ3v) is 2.72. The fourth-order valence-electron chi connectivity index (χ4n) is 1.75. The van der Waals surface area contributed by atoms with Crippen LogP contribution in [0.3, 0.4) is 0 Å². The Morgan fingerprint density at radius 2 is 1.90 bits per heavy atom. The maximum atomic E-state index is 12.4.